The molecule has 88 valence electrons. The first-order valence-electron chi connectivity index (χ1n) is 5.11. The summed E-state index contributed by atoms with van der Waals surface area (Å²) in [6, 6.07) is 0. The normalized spacial score (nSPS) is 19.1. The zero-order valence-corrected chi connectivity index (χ0v) is 10.7. The van der Waals surface area contributed by atoms with Gasteiger partial charge < -0.3 is 0 Å². The molecule has 2 aliphatic carbocycles. The van der Waals surface area contributed by atoms with Crippen LogP contribution in [0.2, 0.25) is 0 Å². The molecule has 0 saturated heterocycles. The van der Waals surface area contributed by atoms with Crippen molar-refractivity contribution in [1.82, 2.24) is 0 Å². The number of carbonyl (C=O) groups is 2. The molecule has 0 heterocycles. The molecule has 0 atom stereocenters. The third kappa shape index (κ3) is 7.72. The van der Waals surface area contributed by atoms with Crippen LogP contribution in [0.5, 0.6) is 0 Å². The van der Waals surface area contributed by atoms with E-state index in [0.29, 0.717) is 5.92 Å². The van der Waals surface area contributed by atoms with E-state index in [1.807, 2.05) is 32.1 Å². The second kappa shape index (κ2) is 9.85. The molecular formula is C14H14FeO2+2. The summed E-state index contributed by atoms with van der Waals surface area (Å²) in [5.41, 5.74) is 0. The second-order valence-electron chi connectivity index (χ2n) is 3.44. The zero-order chi connectivity index (χ0) is 11.8. The third-order valence-corrected chi connectivity index (χ3v) is 1.95. The summed E-state index contributed by atoms with van der Waals surface area (Å²) in [5.74, 6) is 0.443. The van der Waals surface area contributed by atoms with Gasteiger partial charge >= 0.3 is 17.1 Å². The van der Waals surface area contributed by atoms with Gasteiger partial charge in [-0.25, -0.2) is 0 Å². The minimum absolute atomic E-state index is 0. The van der Waals surface area contributed by atoms with Crippen molar-refractivity contribution in [2.45, 2.75) is 13.3 Å². The largest absolute Gasteiger partial charge is 2.00 e. The minimum atomic E-state index is -0.0949. The molecule has 0 N–H and O–H groups in total. The second-order valence-corrected chi connectivity index (χ2v) is 3.44. The van der Waals surface area contributed by atoms with Crippen LogP contribution >= 0.6 is 0 Å². The van der Waals surface area contributed by atoms with Gasteiger partial charge in [0.25, 0.3) is 0 Å². The first-order chi connectivity index (χ1) is 7.70. The molecule has 3 heteroatoms. The molecular weight excluding hydrogens is 256 g/mol. The van der Waals surface area contributed by atoms with Crippen molar-refractivity contribution in [3.05, 3.63) is 63.7 Å². The Balaban J connectivity index is 0.000000360. The molecule has 0 aromatic rings. The van der Waals surface area contributed by atoms with Crippen molar-refractivity contribution in [3.63, 3.8) is 0 Å². The van der Waals surface area contributed by atoms with Crippen LogP contribution in [0.3, 0.4) is 0 Å². The monoisotopic (exact) mass is 270 g/mol. The maximum absolute atomic E-state index is 11.1. The van der Waals surface area contributed by atoms with E-state index in [1.54, 1.807) is 25.7 Å². The molecule has 0 spiro atoms. The number of ketones is 2. The van der Waals surface area contributed by atoms with Crippen LogP contribution in [0.25, 0.3) is 0 Å². The van der Waals surface area contributed by atoms with Crippen molar-refractivity contribution in [2.75, 3.05) is 0 Å². The van der Waals surface area contributed by atoms with Gasteiger partial charge in [0.1, 0.15) is 11.6 Å². The molecule has 10 radical (unpaired) electrons. The predicted molar refractivity (Wildman–Crippen MR) is 62.2 cm³/mol. The maximum atomic E-state index is 11.1. The molecule has 0 bridgehead atoms. The van der Waals surface area contributed by atoms with Crippen LogP contribution < -0.4 is 0 Å². The summed E-state index contributed by atoms with van der Waals surface area (Å²) in [5, 5.41) is 0. The molecule has 2 rings (SSSR count). The molecule has 0 aromatic heterocycles. The molecule has 17 heavy (non-hydrogen) atoms. The van der Waals surface area contributed by atoms with Gasteiger partial charge in [0, 0.05) is 5.92 Å². The Morgan fingerprint density at radius 2 is 1.29 bits per heavy atom. The van der Waals surface area contributed by atoms with Crippen molar-refractivity contribution < 1.29 is 26.7 Å². The number of rotatable bonds is 3. The Bertz CT molecular complexity index is 221. The Labute approximate surface area is 115 Å². The van der Waals surface area contributed by atoms with E-state index >= 15 is 0 Å². The quantitative estimate of drug-likeness (QED) is 0.580. The minimum Gasteiger partial charge on any atom is -0.300 e. The topological polar surface area (TPSA) is 34.1 Å². The average molecular weight is 270 g/mol. The van der Waals surface area contributed by atoms with Crippen LogP contribution in [0.4, 0.5) is 0 Å². The summed E-state index contributed by atoms with van der Waals surface area (Å²) < 4.78 is 0. The van der Waals surface area contributed by atoms with Crippen LogP contribution in [-0.4, -0.2) is 11.6 Å². The fourth-order valence-electron chi connectivity index (χ4n) is 1.21. The summed E-state index contributed by atoms with van der Waals surface area (Å²) in [7, 11) is 0. The van der Waals surface area contributed by atoms with Gasteiger partial charge in [-0.2, -0.15) is 0 Å². The number of hydrogen-bond donors (Lipinski definition) is 0. The van der Waals surface area contributed by atoms with E-state index in [1.165, 1.54) is 6.92 Å². The molecule has 0 aliphatic heterocycles. The van der Waals surface area contributed by atoms with Gasteiger partial charge in [-0.3, -0.25) is 9.59 Å². The maximum Gasteiger partial charge on any atom is 2.00 e. The molecule has 2 fully saturated rings. The Morgan fingerprint density at radius 3 is 1.65 bits per heavy atom. The van der Waals surface area contributed by atoms with E-state index in [-0.39, 0.29) is 35.1 Å². The Kier molecular flexibility index (Phi) is 9.76. The molecule has 2 aliphatic rings. The molecule has 2 nitrogen and oxygen atoms in total. The zero-order valence-electron chi connectivity index (χ0n) is 9.57. The average Bonchev–Trinajstić information content (AvgIpc) is 2.94. The smallest absolute Gasteiger partial charge is 0.300 e. The van der Waals surface area contributed by atoms with Crippen molar-refractivity contribution >= 4 is 11.6 Å². The first-order valence-corrected chi connectivity index (χ1v) is 5.11. The van der Waals surface area contributed by atoms with Gasteiger partial charge in [0.2, 0.25) is 0 Å². The standard InChI is InChI=1S/C9H9O2.C5H5.Fe/c1-7(10)6-9(11)8-4-2-3-5-8;1-2-4-5-3-1;/h2-5H,6H2,1H3;1-5H;/q;;+2. The van der Waals surface area contributed by atoms with Crippen molar-refractivity contribution in [2.24, 2.45) is 0 Å². The van der Waals surface area contributed by atoms with Gasteiger partial charge in [-0.1, -0.05) is 0 Å². The fourth-order valence-corrected chi connectivity index (χ4v) is 1.21. The van der Waals surface area contributed by atoms with E-state index < -0.39 is 0 Å². The van der Waals surface area contributed by atoms with Crippen molar-refractivity contribution in [1.29, 1.82) is 0 Å². The molecule has 0 unspecified atom stereocenters. The van der Waals surface area contributed by atoms with Gasteiger partial charge in [0.05, 0.1) is 6.42 Å². The fraction of sp³-hybridized carbons (Fsp3) is 0.143. The predicted octanol–water partition coefficient (Wildman–Crippen LogP) is 1.96. The summed E-state index contributed by atoms with van der Waals surface area (Å²) in [6.45, 7) is 1.42. The van der Waals surface area contributed by atoms with E-state index in [9.17, 15) is 9.59 Å². The SMILES string of the molecule is CC(=O)CC(=O)[C]1[CH][CH][CH][CH]1.[CH]1[CH][CH][CH][CH]1.[Fe+2]. The van der Waals surface area contributed by atoms with E-state index in [4.69, 9.17) is 0 Å². The van der Waals surface area contributed by atoms with Gasteiger partial charge in [0.15, 0.2) is 0 Å². The summed E-state index contributed by atoms with van der Waals surface area (Å²) >= 11 is 0. The number of hydrogen-bond acceptors (Lipinski definition) is 2. The van der Waals surface area contributed by atoms with E-state index in [0.717, 1.165) is 0 Å². The van der Waals surface area contributed by atoms with Gasteiger partial charge in [-0.05, 0) is 64.7 Å². The van der Waals surface area contributed by atoms with Crippen molar-refractivity contribution in [3.8, 4) is 0 Å². The third-order valence-electron chi connectivity index (χ3n) is 1.95. The van der Waals surface area contributed by atoms with Crippen LogP contribution in [0.1, 0.15) is 13.3 Å². The van der Waals surface area contributed by atoms with Crippen LogP contribution in [0, 0.1) is 63.7 Å². The first kappa shape index (κ1) is 16.9. The van der Waals surface area contributed by atoms with Gasteiger partial charge in [-0.15, -0.1) is 0 Å². The number of carbonyl (C=O) groups excluding carboxylic acids is 2. The van der Waals surface area contributed by atoms with E-state index in [2.05, 4.69) is 0 Å². The number of Topliss-reactive ketones (excluding diaryl/α,β-unsaturated/α-hetero) is 2. The van der Waals surface area contributed by atoms with Crippen LogP contribution in [-0.2, 0) is 26.7 Å². The van der Waals surface area contributed by atoms with Crippen LogP contribution in [0.15, 0.2) is 0 Å². The summed E-state index contributed by atoms with van der Waals surface area (Å²) in [6.07, 6.45) is 17.0. The molecule has 2 saturated carbocycles. The summed E-state index contributed by atoms with van der Waals surface area (Å²) in [4.78, 5) is 21.6. The molecule has 0 aromatic carbocycles. The Morgan fingerprint density at radius 1 is 0.882 bits per heavy atom. The Hall–Kier alpha value is -0.141. The molecule has 0 amide bonds.